The highest BCUT2D eigenvalue weighted by atomic mass is 32.1. The van der Waals surface area contributed by atoms with Crippen molar-refractivity contribution in [1.29, 1.82) is 0 Å². The summed E-state index contributed by atoms with van der Waals surface area (Å²) < 4.78 is 38.1. The summed E-state index contributed by atoms with van der Waals surface area (Å²) >= 11 is 2.52. The minimum atomic E-state index is -0.987. The van der Waals surface area contributed by atoms with Crippen molar-refractivity contribution < 1.29 is 23.0 Å². The van der Waals surface area contributed by atoms with E-state index in [-0.39, 0.29) is 17.3 Å². The lowest BCUT2D eigenvalue weighted by molar-refractivity contribution is 0.102. The predicted molar refractivity (Wildman–Crippen MR) is 107 cm³/mol. The number of hydrogen-bond donors (Lipinski definition) is 1. The fraction of sp³-hybridized carbons (Fsp3) is 0.105. The maximum atomic E-state index is 13.3. The monoisotopic (exact) mass is 433 g/mol. The number of carbonyl (C=O) groups is 1. The molecule has 0 spiro atoms. The maximum Gasteiger partial charge on any atom is 0.257 e. The summed E-state index contributed by atoms with van der Waals surface area (Å²) in [4.78, 5) is 20.8. The number of carbonyl (C=O) groups excluding carboxylic acids is 1. The zero-order valence-electron chi connectivity index (χ0n) is 14.9. The van der Waals surface area contributed by atoms with Crippen LogP contribution in [0.5, 0.6) is 11.5 Å². The molecule has 0 bridgehead atoms. The normalized spacial score (nSPS) is 10.9. The van der Waals surface area contributed by atoms with Crippen molar-refractivity contribution in [3.63, 3.8) is 0 Å². The number of methoxy groups -OCH3 is 1. The smallest absolute Gasteiger partial charge is 0.257 e. The topological polar surface area (TPSA) is 73.3 Å². The Balaban J connectivity index is 1.50. The van der Waals surface area contributed by atoms with Crippen LogP contribution in [0.2, 0.25) is 0 Å². The molecule has 6 nitrogen and oxygen atoms in total. The van der Waals surface area contributed by atoms with E-state index in [1.807, 2.05) is 5.38 Å². The molecule has 4 aromatic rings. The van der Waals surface area contributed by atoms with E-state index in [4.69, 9.17) is 9.47 Å². The summed E-state index contributed by atoms with van der Waals surface area (Å²) in [5.74, 6) is -1.52. The second-order valence-electron chi connectivity index (χ2n) is 5.84. The van der Waals surface area contributed by atoms with Crippen LogP contribution in [0.25, 0.3) is 10.2 Å². The standard InChI is InChI=1S/C19H13F2N3O3S2/c1-26-16-4-10(2-3-15(16)27-7-11-8-28-9-22-11)18(25)24-19-23-14-5-12(20)13(21)6-17(14)29-19/h2-6,8-9H,7H2,1H3,(H,23,24,25). The van der Waals surface area contributed by atoms with Crippen molar-refractivity contribution in [2.24, 2.45) is 0 Å². The Morgan fingerprint density at radius 2 is 2.00 bits per heavy atom. The summed E-state index contributed by atoms with van der Waals surface area (Å²) in [6, 6.07) is 6.80. The number of halogens is 2. The molecule has 2 aromatic carbocycles. The van der Waals surface area contributed by atoms with E-state index in [1.165, 1.54) is 18.4 Å². The molecule has 0 atom stereocenters. The molecule has 0 unspecified atom stereocenters. The molecule has 4 rings (SSSR count). The number of anilines is 1. The quantitative estimate of drug-likeness (QED) is 0.470. The first-order valence-corrected chi connectivity index (χ1v) is 10.0. The number of rotatable bonds is 6. The SMILES string of the molecule is COc1cc(C(=O)Nc2nc3cc(F)c(F)cc3s2)ccc1OCc1cscn1. The third kappa shape index (κ3) is 4.17. The second-order valence-corrected chi connectivity index (χ2v) is 7.59. The highest BCUT2D eigenvalue weighted by Gasteiger charge is 2.15. The van der Waals surface area contributed by atoms with Gasteiger partial charge in [-0.15, -0.1) is 11.3 Å². The van der Waals surface area contributed by atoms with Crippen molar-refractivity contribution >= 4 is 43.9 Å². The van der Waals surface area contributed by atoms with Crippen LogP contribution in [0, 0.1) is 11.6 Å². The first-order valence-electron chi connectivity index (χ1n) is 8.28. The third-order valence-electron chi connectivity index (χ3n) is 3.94. The van der Waals surface area contributed by atoms with Crippen LogP contribution in [0.4, 0.5) is 13.9 Å². The van der Waals surface area contributed by atoms with Gasteiger partial charge in [0.15, 0.2) is 28.3 Å². The van der Waals surface area contributed by atoms with Crippen molar-refractivity contribution in [3.05, 3.63) is 64.1 Å². The van der Waals surface area contributed by atoms with Crippen molar-refractivity contribution in [2.75, 3.05) is 12.4 Å². The molecule has 0 fully saturated rings. The molecule has 0 saturated heterocycles. The molecule has 2 aromatic heterocycles. The molecular formula is C19H13F2N3O3S2. The van der Waals surface area contributed by atoms with Crippen LogP contribution < -0.4 is 14.8 Å². The summed E-state index contributed by atoms with van der Waals surface area (Å²) in [5.41, 5.74) is 3.10. The number of hydrogen-bond acceptors (Lipinski definition) is 7. The van der Waals surface area contributed by atoms with Gasteiger partial charge in [-0.3, -0.25) is 10.1 Å². The minimum absolute atomic E-state index is 0.234. The Hall–Kier alpha value is -3.11. The molecule has 1 amide bonds. The van der Waals surface area contributed by atoms with Crippen LogP contribution in [0.3, 0.4) is 0 Å². The van der Waals surface area contributed by atoms with E-state index in [9.17, 15) is 13.6 Å². The molecule has 10 heteroatoms. The maximum absolute atomic E-state index is 13.3. The summed E-state index contributed by atoms with van der Waals surface area (Å²) in [7, 11) is 1.48. The Kier molecular flexibility index (Phi) is 5.36. The fourth-order valence-corrected chi connectivity index (χ4v) is 3.95. The summed E-state index contributed by atoms with van der Waals surface area (Å²) in [6.07, 6.45) is 0. The van der Waals surface area contributed by atoms with Gasteiger partial charge in [0, 0.05) is 17.0 Å². The molecule has 0 aliphatic carbocycles. The van der Waals surface area contributed by atoms with Crippen LogP contribution in [-0.4, -0.2) is 23.0 Å². The van der Waals surface area contributed by atoms with E-state index < -0.39 is 17.5 Å². The number of nitrogens with zero attached hydrogens (tertiary/aromatic N) is 2. The van der Waals surface area contributed by atoms with Gasteiger partial charge in [0.25, 0.3) is 5.91 Å². The lowest BCUT2D eigenvalue weighted by Gasteiger charge is -2.11. The summed E-state index contributed by atoms with van der Waals surface area (Å²) in [6.45, 7) is 0.282. The van der Waals surface area contributed by atoms with Gasteiger partial charge in [-0.2, -0.15) is 0 Å². The molecule has 0 aliphatic rings. The van der Waals surface area contributed by atoms with Gasteiger partial charge in [-0.25, -0.2) is 18.7 Å². The van der Waals surface area contributed by atoms with Gasteiger partial charge in [-0.1, -0.05) is 11.3 Å². The van der Waals surface area contributed by atoms with Crippen molar-refractivity contribution in [3.8, 4) is 11.5 Å². The van der Waals surface area contributed by atoms with Gasteiger partial charge < -0.3 is 9.47 Å². The Labute approximate surface area is 171 Å². The zero-order chi connectivity index (χ0) is 20.4. The first kappa shape index (κ1) is 19.2. The van der Waals surface area contributed by atoms with E-state index in [0.717, 1.165) is 29.2 Å². The molecule has 1 N–H and O–H groups in total. The lowest BCUT2D eigenvalue weighted by atomic mass is 10.2. The van der Waals surface area contributed by atoms with Gasteiger partial charge in [0.2, 0.25) is 0 Å². The zero-order valence-corrected chi connectivity index (χ0v) is 16.6. The molecule has 0 radical (unpaired) electrons. The molecule has 148 valence electrons. The highest BCUT2D eigenvalue weighted by molar-refractivity contribution is 7.22. The predicted octanol–water partition coefficient (Wildman–Crippen LogP) is 4.87. The molecule has 0 saturated carbocycles. The Morgan fingerprint density at radius 1 is 1.17 bits per heavy atom. The van der Waals surface area contributed by atoms with E-state index in [1.54, 1.807) is 23.7 Å². The van der Waals surface area contributed by atoms with Crippen LogP contribution in [0.1, 0.15) is 16.1 Å². The minimum Gasteiger partial charge on any atom is -0.493 e. The van der Waals surface area contributed by atoms with Crippen LogP contribution >= 0.6 is 22.7 Å². The highest BCUT2D eigenvalue weighted by Crippen LogP contribution is 2.31. The molecule has 29 heavy (non-hydrogen) atoms. The lowest BCUT2D eigenvalue weighted by Crippen LogP contribution is -2.12. The fourth-order valence-electron chi connectivity index (χ4n) is 2.53. The van der Waals surface area contributed by atoms with Crippen LogP contribution in [0.15, 0.2) is 41.2 Å². The van der Waals surface area contributed by atoms with Crippen molar-refractivity contribution in [2.45, 2.75) is 6.61 Å². The van der Waals surface area contributed by atoms with Gasteiger partial charge in [0.05, 0.1) is 28.5 Å². The number of thiazole rings is 2. The van der Waals surface area contributed by atoms with Crippen LogP contribution in [-0.2, 0) is 6.61 Å². The van der Waals surface area contributed by atoms with Crippen molar-refractivity contribution in [1.82, 2.24) is 9.97 Å². The summed E-state index contributed by atoms with van der Waals surface area (Å²) in [5, 5.41) is 4.74. The molecule has 2 heterocycles. The van der Waals surface area contributed by atoms with E-state index in [2.05, 4.69) is 15.3 Å². The molecular weight excluding hydrogens is 420 g/mol. The number of fused-ring (bicyclic) bond motifs is 1. The van der Waals surface area contributed by atoms with Gasteiger partial charge >= 0.3 is 0 Å². The Bertz CT molecular complexity index is 1140. The van der Waals surface area contributed by atoms with Gasteiger partial charge in [-0.05, 0) is 24.3 Å². The second kappa shape index (κ2) is 8.10. The number of nitrogens with one attached hydrogen (secondary N) is 1. The van der Waals surface area contributed by atoms with E-state index >= 15 is 0 Å². The average molecular weight is 433 g/mol. The number of benzene rings is 2. The van der Waals surface area contributed by atoms with Gasteiger partial charge in [0.1, 0.15) is 6.61 Å². The first-order chi connectivity index (χ1) is 14.0. The third-order valence-corrected chi connectivity index (χ3v) is 5.50. The number of ether oxygens (including phenoxy) is 2. The molecule has 0 aliphatic heterocycles. The number of aromatic nitrogens is 2. The van der Waals surface area contributed by atoms with E-state index in [0.29, 0.717) is 21.8 Å². The largest absolute Gasteiger partial charge is 0.493 e. The Morgan fingerprint density at radius 3 is 2.76 bits per heavy atom. The number of amides is 1. The average Bonchev–Trinajstić information content (AvgIpc) is 3.36.